The third-order valence-corrected chi connectivity index (χ3v) is 1.55. The summed E-state index contributed by atoms with van der Waals surface area (Å²) in [5.74, 6) is -1.47. The lowest BCUT2D eigenvalue weighted by molar-refractivity contribution is 0.0690. The zero-order valence-corrected chi connectivity index (χ0v) is 6.75. The fourth-order valence-electron chi connectivity index (χ4n) is 0.902. The number of halogens is 2. The van der Waals surface area contributed by atoms with E-state index in [1.807, 2.05) is 0 Å². The fourth-order valence-corrected chi connectivity index (χ4v) is 0.902. The Hall–Kier alpha value is -1.92. The van der Waals surface area contributed by atoms with Gasteiger partial charge < -0.3 is 15.8 Å². The molecule has 5 nitrogen and oxygen atoms in total. The number of carboxylic acid groups (broad SMARTS) is 1. The summed E-state index contributed by atoms with van der Waals surface area (Å²) >= 11 is 0. The van der Waals surface area contributed by atoms with Crippen molar-refractivity contribution in [1.29, 1.82) is 0 Å². The maximum atomic E-state index is 12.1. The molecule has 0 radical (unpaired) electrons. The maximum absolute atomic E-state index is 12.1. The molecule has 7 heteroatoms. The molecule has 0 atom stereocenters. The Kier molecular flexibility index (Phi) is 2.50. The molecular formula is C7H6F2N2O3. The van der Waals surface area contributed by atoms with E-state index in [-0.39, 0.29) is 0 Å². The van der Waals surface area contributed by atoms with Gasteiger partial charge in [-0.25, -0.2) is 13.6 Å². The number of nitrogens with two attached hydrogens (primary N) is 1. The summed E-state index contributed by atoms with van der Waals surface area (Å²) in [5, 5.41) is 8.48. The first kappa shape index (κ1) is 10.2. The lowest BCUT2D eigenvalue weighted by Crippen LogP contribution is -2.19. The van der Waals surface area contributed by atoms with Crippen LogP contribution in [0.3, 0.4) is 0 Å². The molecule has 76 valence electrons. The van der Waals surface area contributed by atoms with E-state index in [1.165, 1.54) is 0 Å². The van der Waals surface area contributed by atoms with E-state index in [0.29, 0.717) is 6.07 Å². The van der Waals surface area contributed by atoms with E-state index in [0.717, 1.165) is 0 Å². The van der Waals surface area contributed by atoms with Crippen molar-refractivity contribution in [1.82, 2.24) is 4.98 Å². The lowest BCUT2D eigenvalue weighted by Gasteiger charge is -2.03. The van der Waals surface area contributed by atoms with Gasteiger partial charge in [-0.1, -0.05) is 0 Å². The number of anilines is 1. The summed E-state index contributed by atoms with van der Waals surface area (Å²) in [6.45, 7) is 0. The minimum Gasteiger partial charge on any atom is -0.477 e. The van der Waals surface area contributed by atoms with Crippen LogP contribution in [0.25, 0.3) is 0 Å². The number of rotatable bonds is 2. The van der Waals surface area contributed by atoms with E-state index < -0.39 is 34.9 Å². The number of carboxylic acids is 1. The smallest absolute Gasteiger partial charge is 0.354 e. The highest BCUT2D eigenvalue weighted by Crippen LogP contribution is 2.17. The normalized spacial score (nSPS) is 10.5. The Morgan fingerprint density at radius 3 is 2.57 bits per heavy atom. The van der Waals surface area contributed by atoms with Crippen LogP contribution in [0.5, 0.6) is 0 Å². The van der Waals surface area contributed by atoms with E-state index >= 15 is 0 Å². The number of hydrogen-bond donors (Lipinski definition) is 3. The molecule has 1 aromatic rings. The molecule has 0 aliphatic rings. The van der Waals surface area contributed by atoms with Crippen molar-refractivity contribution < 1.29 is 18.7 Å². The van der Waals surface area contributed by atoms with Crippen LogP contribution in [0.15, 0.2) is 10.9 Å². The molecular weight excluding hydrogens is 198 g/mol. The molecule has 1 heterocycles. The van der Waals surface area contributed by atoms with Gasteiger partial charge in [-0.3, -0.25) is 4.79 Å². The van der Waals surface area contributed by atoms with Gasteiger partial charge in [0, 0.05) is 0 Å². The highest BCUT2D eigenvalue weighted by molar-refractivity contribution is 5.91. The Labute approximate surface area is 76.2 Å². The molecule has 0 bridgehead atoms. The lowest BCUT2D eigenvalue weighted by atomic mass is 10.2. The molecule has 0 saturated heterocycles. The maximum Gasteiger partial charge on any atom is 0.354 e. The minimum atomic E-state index is -2.98. The van der Waals surface area contributed by atoms with Crippen LogP contribution in [0.4, 0.5) is 14.5 Å². The van der Waals surface area contributed by atoms with Gasteiger partial charge in [0.2, 0.25) is 0 Å². The second-order valence-corrected chi connectivity index (χ2v) is 2.49. The van der Waals surface area contributed by atoms with Crippen LogP contribution < -0.4 is 11.3 Å². The Bertz CT molecular complexity index is 427. The van der Waals surface area contributed by atoms with Gasteiger partial charge in [-0.05, 0) is 6.07 Å². The van der Waals surface area contributed by atoms with Gasteiger partial charge in [0.1, 0.15) is 0 Å². The third kappa shape index (κ3) is 1.70. The van der Waals surface area contributed by atoms with Crippen LogP contribution in [0, 0.1) is 0 Å². The van der Waals surface area contributed by atoms with Crippen LogP contribution in [0.1, 0.15) is 22.5 Å². The van der Waals surface area contributed by atoms with Gasteiger partial charge in [0.25, 0.3) is 12.0 Å². The molecule has 0 saturated carbocycles. The first-order chi connectivity index (χ1) is 6.43. The van der Waals surface area contributed by atoms with E-state index in [4.69, 9.17) is 10.8 Å². The summed E-state index contributed by atoms with van der Waals surface area (Å²) < 4.78 is 24.2. The van der Waals surface area contributed by atoms with Gasteiger partial charge >= 0.3 is 5.97 Å². The molecule has 14 heavy (non-hydrogen) atoms. The average Bonchev–Trinajstić information content (AvgIpc) is 2.07. The van der Waals surface area contributed by atoms with Crippen molar-refractivity contribution >= 4 is 11.7 Å². The van der Waals surface area contributed by atoms with Gasteiger partial charge in [-0.2, -0.15) is 0 Å². The summed E-state index contributed by atoms with van der Waals surface area (Å²) in [4.78, 5) is 23.1. The van der Waals surface area contributed by atoms with Crippen LogP contribution in [-0.4, -0.2) is 16.1 Å². The number of carbonyl (C=O) groups is 1. The third-order valence-electron chi connectivity index (χ3n) is 1.55. The SMILES string of the molecule is Nc1cc(C(F)F)c(=O)[nH]c1C(=O)O. The summed E-state index contributed by atoms with van der Waals surface area (Å²) in [5.41, 5.74) is 2.18. The molecule has 0 aromatic carbocycles. The first-order valence-corrected chi connectivity index (χ1v) is 3.47. The molecule has 4 N–H and O–H groups in total. The molecule has 1 rings (SSSR count). The molecule has 1 aromatic heterocycles. The van der Waals surface area contributed by atoms with Gasteiger partial charge in [-0.15, -0.1) is 0 Å². The van der Waals surface area contributed by atoms with Crippen LogP contribution in [-0.2, 0) is 0 Å². The summed E-state index contributed by atoms with van der Waals surface area (Å²) in [7, 11) is 0. The first-order valence-electron chi connectivity index (χ1n) is 3.47. The Balaban J connectivity index is 3.39. The largest absolute Gasteiger partial charge is 0.477 e. The molecule has 0 spiro atoms. The zero-order valence-electron chi connectivity index (χ0n) is 6.75. The van der Waals surface area contributed by atoms with Crippen molar-refractivity contribution in [2.75, 3.05) is 5.73 Å². The zero-order chi connectivity index (χ0) is 10.9. The number of aromatic nitrogens is 1. The van der Waals surface area contributed by atoms with Crippen molar-refractivity contribution in [2.24, 2.45) is 0 Å². The van der Waals surface area contributed by atoms with Gasteiger partial charge in [0.15, 0.2) is 5.69 Å². The van der Waals surface area contributed by atoms with Crippen molar-refractivity contribution in [3.8, 4) is 0 Å². The van der Waals surface area contributed by atoms with Gasteiger partial charge in [0.05, 0.1) is 11.3 Å². The topological polar surface area (TPSA) is 96.2 Å². The number of nitrogens with one attached hydrogen (secondary N) is 1. The van der Waals surface area contributed by atoms with E-state index in [1.54, 1.807) is 4.98 Å². The second kappa shape index (κ2) is 3.44. The minimum absolute atomic E-state index is 0.396. The molecule has 0 aliphatic heterocycles. The standard InChI is InChI=1S/C7H6F2N2O3/c8-5(9)2-1-3(10)4(7(13)14)11-6(2)12/h1,5H,10H2,(H,11,12)(H,13,14). The second-order valence-electron chi connectivity index (χ2n) is 2.49. The Morgan fingerprint density at radius 2 is 2.14 bits per heavy atom. The number of aromatic carboxylic acids is 1. The van der Waals surface area contributed by atoms with Crippen molar-refractivity contribution in [3.05, 3.63) is 27.7 Å². The predicted molar refractivity (Wildman–Crippen MR) is 43.4 cm³/mol. The van der Waals surface area contributed by atoms with E-state index in [2.05, 4.69) is 0 Å². The number of alkyl halides is 2. The number of aromatic amines is 1. The predicted octanol–water partition coefficient (Wildman–Crippen LogP) is 0.593. The van der Waals surface area contributed by atoms with E-state index in [9.17, 15) is 18.4 Å². The number of H-pyrrole nitrogens is 1. The molecule has 0 unspecified atom stereocenters. The summed E-state index contributed by atoms with van der Waals surface area (Å²) in [6, 6.07) is 0.660. The fraction of sp³-hybridized carbons (Fsp3) is 0.143. The number of hydrogen-bond acceptors (Lipinski definition) is 3. The monoisotopic (exact) mass is 204 g/mol. The van der Waals surface area contributed by atoms with Crippen molar-refractivity contribution in [2.45, 2.75) is 6.43 Å². The average molecular weight is 204 g/mol. The van der Waals surface area contributed by atoms with Crippen molar-refractivity contribution in [3.63, 3.8) is 0 Å². The molecule has 0 amide bonds. The number of nitrogen functional groups attached to an aromatic ring is 1. The van der Waals surface area contributed by atoms with Crippen LogP contribution >= 0.6 is 0 Å². The van der Waals surface area contributed by atoms with Crippen LogP contribution in [0.2, 0.25) is 0 Å². The number of pyridine rings is 1. The molecule has 0 fully saturated rings. The molecule has 0 aliphatic carbocycles. The highest BCUT2D eigenvalue weighted by Gasteiger charge is 2.17. The summed E-state index contributed by atoms with van der Waals surface area (Å²) in [6.07, 6.45) is -2.98. The Morgan fingerprint density at radius 1 is 1.57 bits per heavy atom. The quantitative estimate of drug-likeness (QED) is 0.656. The highest BCUT2D eigenvalue weighted by atomic mass is 19.3.